The van der Waals surface area contributed by atoms with Gasteiger partial charge in [0.05, 0.1) is 41.3 Å². The van der Waals surface area contributed by atoms with Gasteiger partial charge in [-0.25, -0.2) is 8.87 Å². The molecule has 3 amide bonds. The van der Waals surface area contributed by atoms with Crippen molar-refractivity contribution in [3.8, 4) is 0 Å². The lowest BCUT2D eigenvalue weighted by Crippen LogP contribution is -2.71. The van der Waals surface area contributed by atoms with Gasteiger partial charge < -0.3 is 5.11 Å². The zero-order valence-electron chi connectivity index (χ0n) is 23.4. The summed E-state index contributed by atoms with van der Waals surface area (Å²) in [6.45, 7) is 4.69. The summed E-state index contributed by atoms with van der Waals surface area (Å²) in [5.41, 5.74) is -0.558. The number of nitrogens with zero attached hydrogens (tertiary/aromatic N) is 4. The molecular formula is C29H28ClF4N4O4S+. The molecule has 1 unspecified atom stereocenters. The molecule has 3 heterocycles. The highest BCUT2D eigenvalue weighted by Gasteiger charge is 2.56. The largest absolute Gasteiger partial charge is 0.514 e. The molecule has 43 heavy (non-hydrogen) atoms. The number of quaternary nitrogens is 1. The molecule has 1 aromatic heterocycles. The smallest absolute Gasteiger partial charge is 0.435 e. The van der Waals surface area contributed by atoms with Gasteiger partial charge in [-0.15, -0.1) is 0 Å². The van der Waals surface area contributed by atoms with Crippen LogP contribution in [0.25, 0.3) is 17.0 Å². The van der Waals surface area contributed by atoms with E-state index < -0.39 is 51.2 Å². The number of fused-ring (bicyclic) bond motifs is 1. The molecular weight excluding hydrogens is 612 g/mol. The molecule has 2 saturated heterocycles. The van der Waals surface area contributed by atoms with Crippen molar-refractivity contribution in [2.24, 2.45) is 0 Å². The Morgan fingerprint density at radius 3 is 2.53 bits per heavy atom. The Morgan fingerprint density at radius 1 is 1.19 bits per heavy atom. The summed E-state index contributed by atoms with van der Waals surface area (Å²) >= 11 is 6.46. The van der Waals surface area contributed by atoms with Crippen molar-refractivity contribution in [1.29, 1.82) is 0 Å². The second-order valence-electron chi connectivity index (χ2n) is 11.7. The number of carboxylic acid groups (broad SMARTS) is 1. The fraction of sp³-hybridized carbons (Fsp3) is 0.379. The average molecular weight is 640 g/mol. The number of rotatable bonds is 4. The summed E-state index contributed by atoms with van der Waals surface area (Å²) in [7, 11) is 0. The molecule has 0 spiro atoms. The van der Waals surface area contributed by atoms with E-state index in [4.69, 9.17) is 11.6 Å². The number of benzene rings is 2. The number of halogens is 5. The van der Waals surface area contributed by atoms with Gasteiger partial charge in [-0.1, -0.05) is 23.7 Å². The Hall–Kier alpha value is -3.42. The lowest BCUT2D eigenvalue weighted by Gasteiger charge is -2.49. The van der Waals surface area contributed by atoms with Gasteiger partial charge >= 0.3 is 12.3 Å². The van der Waals surface area contributed by atoms with Gasteiger partial charge in [0.2, 0.25) is 0 Å². The van der Waals surface area contributed by atoms with Crippen LogP contribution in [-0.4, -0.2) is 72.4 Å². The van der Waals surface area contributed by atoms with Crippen LogP contribution in [0.1, 0.15) is 43.9 Å². The third-order valence-corrected chi connectivity index (χ3v) is 9.30. The molecule has 2 aliphatic heterocycles. The number of alkyl halides is 4. The fourth-order valence-corrected chi connectivity index (χ4v) is 6.81. The minimum absolute atomic E-state index is 0.00423. The highest BCUT2D eigenvalue weighted by molar-refractivity contribution is 8.18. The van der Waals surface area contributed by atoms with Gasteiger partial charge in [0.15, 0.2) is 6.17 Å². The van der Waals surface area contributed by atoms with Gasteiger partial charge in [-0.2, -0.15) is 23.1 Å². The number of likely N-dealkylation sites (tertiary alicyclic amines) is 1. The van der Waals surface area contributed by atoms with E-state index in [0.717, 1.165) is 11.0 Å². The summed E-state index contributed by atoms with van der Waals surface area (Å²) in [6, 6.07) is 7.45. The molecule has 2 aliphatic rings. The highest BCUT2D eigenvalue weighted by Crippen LogP contribution is 2.40. The summed E-state index contributed by atoms with van der Waals surface area (Å²) in [5.74, 6) is -0.660. The Balaban J connectivity index is 1.36. The van der Waals surface area contributed by atoms with E-state index >= 15 is 4.39 Å². The van der Waals surface area contributed by atoms with Gasteiger partial charge in [-0.3, -0.25) is 19.2 Å². The minimum Gasteiger partial charge on any atom is -0.435 e. The number of hydrogen-bond acceptors (Lipinski definition) is 5. The van der Waals surface area contributed by atoms with Crippen LogP contribution in [0.5, 0.6) is 0 Å². The third-order valence-electron chi connectivity index (χ3n) is 8.18. The first-order valence-electron chi connectivity index (χ1n) is 13.3. The van der Waals surface area contributed by atoms with Crippen molar-refractivity contribution in [3.63, 3.8) is 0 Å². The molecule has 8 nitrogen and oxygen atoms in total. The lowest BCUT2D eigenvalue weighted by atomic mass is 9.92. The Labute approximate surface area is 253 Å². The molecule has 0 saturated carbocycles. The van der Waals surface area contributed by atoms with Gasteiger partial charge in [0, 0.05) is 16.8 Å². The number of amides is 3. The predicted molar refractivity (Wildman–Crippen MR) is 154 cm³/mol. The first-order valence-corrected chi connectivity index (χ1v) is 14.5. The normalized spacial score (nSPS) is 24.4. The predicted octanol–water partition coefficient (Wildman–Crippen LogP) is 7.20. The standard InChI is InChI=1S/C29H27ClF4N4O4S/c1-28(2,3)38(27(41)42)9-8-23(21(31)15-38)37-25(39)24(43-26(37)40)11-16-4-7-22-18(10-16)13-35-36(22)14-17-5-6-19(30)12-20(17)29(32,33)34/h4-7,10-13,21,23H,8-9,14-15H2,1-3H3/p+1/b24-11-/t21-,23-,38?/m0/s1. The van der Waals surface area contributed by atoms with Crippen LogP contribution in [0.15, 0.2) is 47.5 Å². The molecule has 0 radical (unpaired) electrons. The monoisotopic (exact) mass is 639 g/mol. The zero-order chi connectivity index (χ0) is 31.5. The van der Waals surface area contributed by atoms with Crippen LogP contribution in [0.3, 0.4) is 0 Å². The molecule has 0 bridgehead atoms. The molecule has 3 aromatic rings. The van der Waals surface area contributed by atoms with Crippen molar-refractivity contribution in [2.45, 2.75) is 57.7 Å². The van der Waals surface area contributed by atoms with E-state index in [1.54, 1.807) is 39.0 Å². The van der Waals surface area contributed by atoms with E-state index in [1.807, 2.05) is 0 Å². The lowest BCUT2D eigenvalue weighted by molar-refractivity contribution is -0.910. The van der Waals surface area contributed by atoms with Crippen molar-refractivity contribution in [2.75, 3.05) is 13.1 Å². The van der Waals surface area contributed by atoms with E-state index in [1.165, 1.54) is 29.1 Å². The number of carbonyl (C=O) groups is 3. The number of carbonyl (C=O) groups excluding carboxylic acids is 2. The van der Waals surface area contributed by atoms with Crippen LogP contribution in [0, 0.1) is 0 Å². The number of aromatic nitrogens is 2. The summed E-state index contributed by atoms with van der Waals surface area (Å²) in [4.78, 5) is 39.2. The quantitative estimate of drug-likeness (QED) is 0.184. The number of piperidine rings is 1. The summed E-state index contributed by atoms with van der Waals surface area (Å²) in [5, 5.41) is 14.1. The van der Waals surface area contributed by atoms with Crippen molar-refractivity contribution >= 4 is 57.6 Å². The number of thioether (sulfide) groups is 1. The number of imide groups is 1. The third kappa shape index (κ3) is 5.65. The second-order valence-corrected chi connectivity index (χ2v) is 13.1. The van der Waals surface area contributed by atoms with Gasteiger partial charge in [0.1, 0.15) is 12.1 Å². The van der Waals surface area contributed by atoms with Crippen LogP contribution in [0.4, 0.5) is 27.2 Å². The number of hydrogen-bond donors (Lipinski definition) is 1. The molecule has 2 fully saturated rings. The van der Waals surface area contributed by atoms with Crippen molar-refractivity contribution in [3.05, 3.63) is 69.2 Å². The fourth-order valence-electron chi connectivity index (χ4n) is 5.76. The summed E-state index contributed by atoms with van der Waals surface area (Å²) in [6.07, 6.45) is -4.49. The Bertz CT molecular complexity index is 1670. The molecule has 14 heteroatoms. The maximum atomic E-state index is 15.5. The van der Waals surface area contributed by atoms with Crippen molar-refractivity contribution < 1.29 is 41.5 Å². The molecule has 228 valence electrons. The highest BCUT2D eigenvalue weighted by atomic mass is 35.5. The van der Waals surface area contributed by atoms with Crippen LogP contribution >= 0.6 is 23.4 Å². The SMILES string of the molecule is CC(C)(C)[N+]1(C(=O)O)CC[C@H](N2C(=O)S/C(=C\c3ccc4c(cnn4Cc4ccc(Cl)cc4C(F)(F)F)c3)C2=O)[C@@H](F)C1. The first-order chi connectivity index (χ1) is 20.0. The average Bonchev–Trinajstić information content (AvgIpc) is 3.42. The van der Waals surface area contributed by atoms with Gasteiger partial charge in [0.25, 0.3) is 11.1 Å². The van der Waals surface area contributed by atoms with Crippen LogP contribution in [0.2, 0.25) is 5.02 Å². The van der Waals surface area contributed by atoms with E-state index in [0.29, 0.717) is 28.2 Å². The van der Waals surface area contributed by atoms with E-state index in [-0.39, 0.29) is 41.5 Å². The zero-order valence-corrected chi connectivity index (χ0v) is 24.9. The Morgan fingerprint density at radius 2 is 1.91 bits per heavy atom. The minimum atomic E-state index is -4.59. The van der Waals surface area contributed by atoms with Crippen LogP contribution in [-0.2, 0) is 17.5 Å². The summed E-state index contributed by atoms with van der Waals surface area (Å²) < 4.78 is 57.1. The first kappa shape index (κ1) is 31.0. The maximum absolute atomic E-state index is 15.5. The van der Waals surface area contributed by atoms with E-state index in [9.17, 15) is 32.7 Å². The van der Waals surface area contributed by atoms with Crippen molar-refractivity contribution in [1.82, 2.24) is 14.7 Å². The second kappa shape index (κ2) is 10.9. The Kier molecular flexibility index (Phi) is 7.89. The molecule has 0 aliphatic carbocycles. The molecule has 1 N–H and O–H groups in total. The van der Waals surface area contributed by atoms with Gasteiger partial charge in [-0.05, 0) is 74.0 Å². The van der Waals surface area contributed by atoms with Crippen LogP contribution < -0.4 is 0 Å². The molecule has 2 aromatic carbocycles. The van der Waals surface area contributed by atoms with E-state index in [2.05, 4.69) is 5.10 Å². The molecule has 3 atom stereocenters. The molecule has 5 rings (SSSR count). The topological polar surface area (TPSA) is 92.5 Å². The maximum Gasteiger partial charge on any atom is 0.514 e.